The van der Waals surface area contributed by atoms with E-state index >= 15 is 0 Å². The fourth-order valence-electron chi connectivity index (χ4n) is 3.47. The number of rotatable bonds is 6. The summed E-state index contributed by atoms with van der Waals surface area (Å²) in [4.78, 5) is 17.6. The molecule has 162 valence electrons. The Morgan fingerprint density at radius 2 is 2.00 bits per heavy atom. The first-order chi connectivity index (χ1) is 15.1. The number of nitrogens with zero attached hydrogens (tertiary/aromatic N) is 1. The molecule has 7 nitrogen and oxygen atoms in total. The largest absolute Gasteiger partial charge is 0.493 e. The third-order valence-electron chi connectivity index (χ3n) is 5.07. The molecule has 0 spiro atoms. The normalized spacial score (nSPS) is 16.5. The second-order valence-corrected chi connectivity index (χ2v) is 7.58. The first kappa shape index (κ1) is 21.2. The van der Waals surface area contributed by atoms with Crippen LogP contribution in [0.5, 0.6) is 11.5 Å². The minimum absolute atomic E-state index is 0.0297. The molecular weight excluding hydrogens is 420 g/mol. The number of fused-ring (bicyclic) bond motifs is 1. The molecule has 8 heteroatoms. The Morgan fingerprint density at radius 3 is 2.74 bits per heavy atom. The fraction of sp³-hybridized carbons (Fsp3) is 0.304. The van der Waals surface area contributed by atoms with E-state index in [1.807, 2.05) is 0 Å². The van der Waals surface area contributed by atoms with Crippen molar-refractivity contribution in [3.8, 4) is 11.5 Å². The summed E-state index contributed by atoms with van der Waals surface area (Å²) in [6, 6.07) is 12.2. The summed E-state index contributed by atoms with van der Waals surface area (Å²) in [5.74, 6) is 0.821. The lowest BCUT2D eigenvalue weighted by Gasteiger charge is -2.11. The number of benzene rings is 2. The zero-order valence-electron chi connectivity index (χ0n) is 17.3. The molecule has 4 rings (SSSR count). The fourth-order valence-corrected chi connectivity index (χ4v) is 3.65. The highest BCUT2D eigenvalue weighted by atomic mass is 35.5. The van der Waals surface area contributed by atoms with Crippen LogP contribution in [0.2, 0.25) is 5.02 Å². The van der Waals surface area contributed by atoms with Crippen LogP contribution < -0.4 is 20.3 Å². The van der Waals surface area contributed by atoms with Gasteiger partial charge in [-0.05, 0) is 49.2 Å². The lowest BCUT2D eigenvalue weighted by Crippen LogP contribution is -2.34. The zero-order valence-corrected chi connectivity index (χ0v) is 18.1. The van der Waals surface area contributed by atoms with Crippen molar-refractivity contribution in [3.63, 3.8) is 0 Å². The first-order valence-electron chi connectivity index (χ1n) is 9.97. The monoisotopic (exact) mass is 442 g/mol. The van der Waals surface area contributed by atoms with Gasteiger partial charge < -0.3 is 23.9 Å². The van der Waals surface area contributed by atoms with E-state index in [1.54, 1.807) is 56.7 Å². The first-order valence-corrected chi connectivity index (χ1v) is 10.3. The van der Waals surface area contributed by atoms with Gasteiger partial charge in [-0.25, -0.2) is 4.99 Å². The Balaban J connectivity index is 1.76. The number of hydrogen-bond donors (Lipinski definition) is 1. The van der Waals surface area contributed by atoms with Gasteiger partial charge in [-0.15, -0.1) is 0 Å². The van der Waals surface area contributed by atoms with Crippen LogP contribution in [0.25, 0.3) is 11.0 Å². The van der Waals surface area contributed by atoms with Crippen molar-refractivity contribution in [1.82, 2.24) is 5.32 Å². The van der Waals surface area contributed by atoms with Crippen LogP contribution in [-0.4, -0.2) is 39.4 Å². The topological polar surface area (TPSA) is 82.3 Å². The van der Waals surface area contributed by atoms with Gasteiger partial charge in [-0.3, -0.25) is 4.79 Å². The average molecular weight is 443 g/mol. The van der Waals surface area contributed by atoms with Crippen LogP contribution in [0.15, 0.2) is 51.9 Å². The number of nitrogens with one attached hydrogen (secondary N) is 1. The van der Waals surface area contributed by atoms with Gasteiger partial charge in [0.1, 0.15) is 11.1 Å². The van der Waals surface area contributed by atoms with Crippen LogP contribution in [0.4, 0.5) is 5.69 Å². The second-order valence-electron chi connectivity index (χ2n) is 7.14. The summed E-state index contributed by atoms with van der Waals surface area (Å²) in [6.07, 6.45) is 1.97. The smallest absolute Gasteiger partial charge is 0.256 e. The number of carbonyl (C=O) groups excluding carboxylic acids is 1. The third-order valence-corrected chi connectivity index (χ3v) is 5.30. The lowest BCUT2D eigenvalue weighted by molar-refractivity contribution is 0.0854. The summed E-state index contributed by atoms with van der Waals surface area (Å²) in [5, 5.41) is 4.19. The number of ether oxygens (including phenoxy) is 3. The zero-order chi connectivity index (χ0) is 21.8. The van der Waals surface area contributed by atoms with Gasteiger partial charge in [0.05, 0.1) is 26.0 Å². The summed E-state index contributed by atoms with van der Waals surface area (Å²) in [7, 11) is 3.12. The van der Waals surface area contributed by atoms with Crippen molar-refractivity contribution < 1.29 is 23.4 Å². The molecule has 1 aliphatic rings. The highest BCUT2D eigenvalue weighted by Crippen LogP contribution is 2.31. The summed E-state index contributed by atoms with van der Waals surface area (Å²) >= 11 is 6.12. The third kappa shape index (κ3) is 4.84. The highest BCUT2D eigenvalue weighted by Gasteiger charge is 2.19. The molecule has 0 bridgehead atoms. The molecule has 0 radical (unpaired) electrons. The van der Waals surface area contributed by atoms with E-state index in [4.69, 9.17) is 30.2 Å². The molecule has 0 aliphatic carbocycles. The van der Waals surface area contributed by atoms with Gasteiger partial charge in [0.25, 0.3) is 5.91 Å². The Bertz CT molecular complexity index is 1170. The Kier molecular flexibility index (Phi) is 6.44. The minimum atomic E-state index is -0.291. The molecule has 2 heterocycles. The second kappa shape index (κ2) is 9.41. The summed E-state index contributed by atoms with van der Waals surface area (Å²) < 4.78 is 22.2. The van der Waals surface area contributed by atoms with Gasteiger partial charge in [0.2, 0.25) is 5.55 Å². The van der Waals surface area contributed by atoms with E-state index in [-0.39, 0.29) is 17.6 Å². The van der Waals surface area contributed by atoms with E-state index in [0.29, 0.717) is 45.3 Å². The van der Waals surface area contributed by atoms with Crippen LogP contribution in [0.1, 0.15) is 23.2 Å². The van der Waals surface area contributed by atoms with Gasteiger partial charge in [0, 0.05) is 29.6 Å². The van der Waals surface area contributed by atoms with Crippen molar-refractivity contribution in [2.24, 2.45) is 4.99 Å². The molecule has 0 unspecified atom stereocenters. The summed E-state index contributed by atoms with van der Waals surface area (Å²) in [6.45, 7) is 1.16. The number of hydrogen-bond acceptors (Lipinski definition) is 6. The minimum Gasteiger partial charge on any atom is -0.493 e. The number of halogens is 1. The Labute approximate surface area is 184 Å². The Hall–Kier alpha value is -3.03. The van der Waals surface area contributed by atoms with E-state index in [9.17, 15) is 4.79 Å². The predicted octanol–water partition coefficient (Wildman–Crippen LogP) is 4.24. The lowest BCUT2D eigenvalue weighted by atomic mass is 10.1. The molecule has 1 N–H and O–H groups in total. The average Bonchev–Trinajstić information content (AvgIpc) is 3.30. The molecule has 1 atom stereocenters. The summed E-state index contributed by atoms with van der Waals surface area (Å²) in [5.41, 5.74) is 1.62. The van der Waals surface area contributed by atoms with E-state index in [2.05, 4.69) is 10.3 Å². The van der Waals surface area contributed by atoms with Gasteiger partial charge in [0.15, 0.2) is 11.5 Å². The molecule has 1 amide bonds. The van der Waals surface area contributed by atoms with Crippen LogP contribution in [0, 0.1) is 0 Å². The molecule has 1 aliphatic heterocycles. The highest BCUT2D eigenvalue weighted by molar-refractivity contribution is 6.31. The molecule has 1 aromatic heterocycles. The van der Waals surface area contributed by atoms with Crippen LogP contribution in [0.3, 0.4) is 0 Å². The molecule has 2 aromatic carbocycles. The van der Waals surface area contributed by atoms with Gasteiger partial charge in [-0.2, -0.15) is 0 Å². The van der Waals surface area contributed by atoms with Crippen LogP contribution >= 0.6 is 11.6 Å². The molecule has 1 fully saturated rings. The maximum Gasteiger partial charge on any atom is 0.256 e. The van der Waals surface area contributed by atoms with E-state index in [1.165, 1.54) is 0 Å². The quantitative estimate of drug-likeness (QED) is 0.617. The molecular formula is C23H23ClN2O5. The van der Waals surface area contributed by atoms with E-state index in [0.717, 1.165) is 19.4 Å². The molecule has 31 heavy (non-hydrogen) atoms. The van der Waals surface area contributed by atoms with Crippen molar-refractivity contribution in [1.29, 1.82) is 0 Å². The number of methoxy groups -OCH3 is 2. The van der Waals surface area contributed by atoms with Gasteiger partial charge >= 0.3 is 0 Å². The predicted molar refractivity (Wildman–Crippen MR) is 117 cm³/mol. The molecule has 0 saturated carbocycles. The van der Waals surface area contributed by atoms with Crippen molar-refractivity contribution in [2.45, 2.75) is 18.9 Å². The van der Waals surface area contributed by atoms with Crippen molar-refractivity contribution >= 4 is 34.2 Å². The molecule has 1 saturated heterocycles. The molecule has 3 aromatic rings. The Morgan fingerprint density at radius 1 is 1.16 bits per heavy atom. The van der Waals surface area contributed by atoms with E-state index < -0.39 is 0 Å². The maximum absolute atomic E-state index is 13.0. The SMILES string of the molecule is COc1ccc(N=c2oc3ccc(Cl)cc3cc2C(=O)NC[C@@H]2CCCO2)cc1OC. The van der Waals surface area contributed by atoms with Crippen molar-refractivity contribution in [2.75, 3.05) is 27.4 Å². The standard InChI is InChI=1S/C23H23ClN2O5/c1-28-20-8-6-16(12-21(20)29-2)26-23-18(22(27)25-13-17-4-3-9-30-17)11-14-10-15(24)5-7-19(14)31-23/h5-8,10-12,17H,3-4,9,13H2,1-2H3,(H,25,27)/t17-/m0/s1. The maximum atomic E-state index is 13.0. The van der Waals surface area contributed by atoms with Crippen LogP contribution in [-0.2, 0) is 4.74 Å². The van der Waals surface area contributed by atoms with Gasteiger partial charge in [-0.1, -0.05) is 11.6 Å². The number of carbonyl (C=O) groups is 1. The van der Waals surface area contributed by atoms with Crippen molar-refractivity contribution in [3.05, 3.63) is 58.6 Å². The number of amides is 1.